The molecule has 0 aliphatic heterocycles. The van der Waals surface area contributed by atoms with Crippen LogP contribution in [0.2, 0.25) is 0 Å². The second kappa shape index (κ2) is 5.74. The molecule has 1 unspecified atom stereocenters. The van der Waals surface area contributed by atoms with Crippen LogP contribution in [0.15, 0.2) is 42.6 Å². The average Bonchev–Trinajstić information content (AvgIpc) is 2.38. The lowest BCUT2D eigenvalue weighted by Gasteiger charge is -2.20. The quantitative estimate of drug-likeness (QED) is 0.893. The van der Waals surface area contributed by atoms with Gasteiger partial charge < -0.3 is 5.32 Å². The van der Waals surface area contributed by atoms with Crippen LogP contribution < -0.4 is 5.32 Å². The molecule has 0 saturated heterocycles. The fourth-order valence-electron chi connectivity index (χ4n) is 2.08. The Morgan fingerprint density at radius 2 is 2.00 bits per heavy atom. The Labute approximate surface area is 107 Å². The first-order valence-electron chi connectivity index (χ1n) is 6.13. The summed E-state index contributed by atoms with van der Waals surface area (Å²) in [6.07, 6.45) is 1.63. The summed E-state index contributed by atoms with van der Waals surface area (Å²) in [6.45, 7) is 4.79. The molecule has 1 aromatic carbocycles. The van der Waals surface area contributed by atoms with Crippen LogP contribution in [0.25, 0.3) is 0 Å². The van der Waals surface area contributed by atoms with Crippen LogP contribution in [0.1, 0.15) is 29.8 Å². The maximum atomic E-state index is 13.9. The van der Waals surface area contributed by atoms with Gasteiger partial charge in [-0.2, -0.15) is 0 Å². The summed E-state index contributed by atoms with van der Waals surface area (Å²) in [7, 11) is 0. The zero-order chi connectivity index (χ0) is 13.0. The number of benzene rings is 1. The van der Waals surface area contributed by atoms with E-state index in [-0.39, 0.29) is 11.9 Å². The predicted molar refractivity (Wildman–Crippen MR) is 70.9 cm³/mol. The number of hydrogen-bond donors (Lipinski definition) is 1. The van der Waals surface area contributed by atoms with Crippen molar-refractivity contribution in [2.24, 2.45) is 0 Å². The molecule has 0 saturated carbocycles. The summed E-state index contributed by atoms with van der Waals surface area (Å²) in [4.78, 5) is 4.18. The molecule has 0 bridgehead atoms. The molecule has 2 rings (SSSR count). The Morgan fingerprint density at radius 1 is 1.22 bits per heavy atom. The number of aromatic nitrogens is 1. The molecule has 1 aromatic heterocycles. The number of nitrogens with one attached hydrogen (secondary N) is 1. The normalized spacial score (nSPS) is 12.4. The Morgan fingerprint density at radius 3 is 2.67 bits per heavy atom. The van der Waals surface area contributed by atoms with E-state index in [0.29, 0.717) is 5.69 Å². The average molecular weight is 244 g/mol. The predicted octanol–water partition coefficient (Wildman–Crippen LogP) is 3.23. The summed E-state index contributed by atoms with van der Waals surface area (Å²) in [6, 6.07) is 10.9. The highest BCUT2D eigenvalue weighted by Gasteiger charge is 2.19. The van der Waals surface area contributed by atoms with Gasteiger partial charge in [-0.15, -0.1) is 0 Å². The molecule has 0 amide bonds. The molecule has 0 radical (unpaired) electrons. The molecule has 3 heteroatoms. The summed E-state index contributed by atoms with van der Waals surface area (Å²) >= 11 is 0. The van der Waals surface area contributed by atoms with E-state index in [2.05, 4.69) is 10.3 Å². The SMILES string of the molecule is CCNC(c1ccccc1C)c1ncccc1F. The van der Waals surface area contributed by atoms with Crippen molar-refractivity contribution in [1.29, 1.82) is 0 Å². The first kappa shape index (κ1) is 12.7. The maximum absolute atomic E-state index is 13.9. The topological polar surface area (TPSA) is 24.9 Å². The van der Waals surface area contributed by atoms with Crippen LogP contribution in [0.4, 0.5) is 4.39 Å². The van der Waals surface area contributed by atoms with Crippen molar-refractivity contribution < 1.29 is 4.39 Å². The van der Waals surface area contributed by atoms with E-state index in [1.807, 2.05) is 38.1 Å². The minimum atomic E-state index is -0.272. The van der Waals surface area contributed by atoms with Crippen molar-refractivity contribution in [3.8, 4) is 0 Å². The van der Waals surface area contributed by atoms with Gasteiger partial charge in [0.1, 0.15) is 5.82 Å². The van der Waals surface area contributed by atoms with Crippen molar-refractivity contribution in [2.75, 3.05) is 6.54 Å². The monoisotopic (exact) mass is 244 g/mol. The Kier molecular flexibility index (Phi) is 4.05. The molecule has 18 heavy (non-hydrogen) atoms. The van der Waals surface area contributed by atoms with Gasteiger partial charge in [-0.1, -0.05) is 31.2 Å². The van der Waals surface area contributed by atoms with Crippen LogP contribution in [-0.4, -0.2) is 11.5 Å². The molecule has 94 valence electrons. The Bertz CT molecular complexity index is 480. The lowest BCUT2D eigenvalue weighted by molar-refractivity contribution is 0.541. The molecule has 2 aromatic rings. The molecule has 1 atom stereocenters. The molecule has 1 heterocycles. The maximum Gasteiger partial charge on any atom is 0.146 e. The highest BCUT2D eigenvalue weighted by molar-refractivity contribution is 5.34. The number of aryl methyl sites for hydroxylation is 1. The number of nitrogens with zero attached hydrogens (tertiary/aromatic N) is 1. The summed E-state index contributed by atoms with van der Waals surface area (Å²) < 4.78 is 13.9. The highest BCUT2D eigenvalue weighted by atomic mass is 19.1. The molecule has 2 nitrogen and oxygen atoms in total. The van der Waals surface area contributed by atoms with E-state index in [0.717, 1.165) is 17.7 Å². The van der Waals surface area contributed by atoms with Gasteiger partial charge in [-0.25, -0.2) is 4.39 Å². The van der Waals surface area contributed by atoms with Crippen molar-refractivity contribution in [3.63, 3.8) is 0 Å². The third kappa shape index (κ3) is 2.57. The van der Waals surface area contributed by atoms with Crippen LogP contribution in [-0.2, 0) is 0 Å². The molecule has 0 aliphatic carbocycles. The molecule has 0 fully saturated rings. The van der Waals surface area contributed by atoms with Crippen LogP contribution >= 0.6 is 0 Å². The van der Waals surface area contributed by atoms with E-state index >= 15 is 0 Å². The van der Waals surface area contributed by atoms with Crippen LogP contribution in [0.3, 0.4) is 0 Å². The molecule has 1 N–H and O–H groups in total. The van der Waals surface area contributed by atoms with Crippen molar-refractivity contribution in [1.82, 2.24) is 10.3 Å². The first-order chi connectivity index (χ1) is 8.74. The van der Waals surface area contributed by atoms with Gasteiger partial charge in [-0.3, -0.25) is 4.98 Å². The van der Waals surface area contributed by atoms with Gasteiger partial charge in [-0.05, 0) is 36.7 Å². The lowest BCUT2D eigenvalue weighted by Crippen LogP contribution is -2.24. The van der Waals surface area contributed by atoms with Crippen molar-refractivity contribution in [2.45, 2.75) is 19.9 Å². The van der Waals surface area contributed by atoms with Gasteiger partial charge in [0.15, 0.2) is 0 Å². The summed E-state index contributed by atoms with van der Waals surface area (Å²) in [5.74, 6) is -0.272. The highest BCUT2D eigenvalue weighted by Crippen LogP contribution is 2.24. The van der Waals surface area contributed by atoms with Gasteiger partial charge in [0.05, 0.1) is 11.7 Å². The Hall–Kier alpha value is -1.74. The van der Waals surface area contributed by atoms with Crippen molar-refractivity contribution in [3.05, 3.63) is 65.2 Å². The lowest BCUT2D eigenvalue weighted by atomic mass is 9.98. The summed E-state index contributed by atoms with van der Waals surface area (Å²) in [5, 5.41) is 3.29. The van der Waals surface area contributed by atoms with Gasteiger partial charge >= 0.3 is 0 Å². The van der Waals surface area contributed by atoms with Gasteiger partial charge in [0.2, 0.25) is 0 Å². The third-order valence-electron chi connectivity index (χ3n) is 2.97. The largest absolute Gasteiger partial charge is 0.305 e. The minimum absolute atomic E-state index is 0.197. The number of hydrogen-bond acceptors (Lipinski definition) is 2. The Balaban J connectivity index is 2.47. The number of rotatable bonds is 4. The van der Waals surface area contributed by atoms with Gasteiger partial charge in [0.25, 0.3) is 0 Å². The van der Waals surface area contributed by atoms with E-state index < -0.39 is 0 Å². The zero-order valence-corrected chi connectivity index (χ0v) is 10.7. The van der Waals surface area contributed by atoms with E-state index in [9.17, 15) is 4.39 Å². The molecular formula is C15H17FN2. The molecule has 0 spiro atoms. The second-order valence-electron chi connectivity index (χ2n) is 4.22. The zero-order valence-electron chi connectivity index (χ0n) is 10.7. The first-order valence-corrected chi connectivity index (χ1v) is 6.13. The van der Waals surface area contributed by atoms with E-state index in [1.165, 1.54) is 6.07 Å². The molecular weight excluding hydrogens is 227 g/mol. The van der Waals surface area contributed by atoms with Crippen LogP contribution in [0, 0.1) is 12.7 Å². The number of halogens is 1. The van der Waals surface area contributed by atoms with Crippen LogP contribution in [0.5, 0.6) is 0 Å². The second-order valence-corrected chi connectivity index (χ2v) is 4.22. The summed E-state index contributed by atoms with van der Waals surface area (Å²) in [5.41, 5.74) is 2.65. The number of pyridine rings is 1. The third-order valence-corrected chi connectivity index (χ3v) is 2.97. The smallest absolute Gasteiger partial charge is 0.146 e. The fraction of sp³-hybridized carbons (Fsp3) is 0.267. The van der Waals surface area contributed by atoms with E-state index in [4.69, 9.17) is 0 Å². The van der Waals surface area contributed by atoms with E-state index in [1.54, 1.807) is 12.3 Å². The fourth-order valence-corrected chi connectivity index (χ4v) is 2.08. The van der Waals surface area contributed by atoms with Gasteiger partial charge in [0, 0.05) is 6.20 Å². The molecule has 0 aliphatic rings. The van der Waals surface area contributed by atoms with Crippen molar-refractivity contribution >= 4 is 0 Å². The minimum Gasteiger partial charge on any atom is -0.305 e. The standard InChI is InChI=1S/C15H17FN2/c1-3-17-14(12-8-5-4-7-11(12)2)15-13(16)9-6-10-18-15/h4-10,14,17H,3H2,1-2H3.